The smallest absolute Gasteiger partial charge is 0.347 e. The van der Waals surface area contributed by atoms with Crippen molar-refractivity contribution >= 4 is 35.0 Å². The Bertz CT molecular complexity index is 431. The zero-order chi connectivity index (χ0) is 13.0. The summed E-state index contributed by atoms with van der Waals surface area (Å²) in [5.41, 5.74) is 0.501. The molecule has 0 aliphatic carbocycles. The summed E-state index contributed by atoms with van der Waals surface area (Å²) in [6, 6.07) is 0. The molecule has 5 nitrogen and oxygen atoms in total. The second-order valence-corrected chi connectivity index (χ2v) is 5.62. The van der Waals surface area contributed by atoms with Gasteiger partial charge in [0.15, 0.2) is 4.34 Å². The van der Waals surface area contributed by atoms with E-state index in [4.69, 9.17) is 5.11 Å². The number of thioether (sulfide) groups is 1. The number of aromatic carboxylic acids is 1. The van der Waals surface area contributed by atoms with E-state index in [0.717, 1.165) is 11.3 Å². The zero-order valence-electron chi connectivity index (χ0n) is 9.89. The Labute approximate surface area is 108 Å². The van der Waals surface area contributed by atoms with Gasteiger partial charge < -0.3 is 10.0 Å². The molecule has 7 heteroatoms. The SMILES string of the molecule is CCN(C)C(=O)CSc1nc(C)c(C(=O)O)s1. The highest BCUT2D eigenvalue weighted by Crippen LogP contribution is 2.27. The summed E-state index contributed by atoms with van der Waals surface area (Å²) in [7, 11) is 1.73. The van der Waals surface area contributed by atoms with Crippen molar-refractivity contribution in [2.75, 3.05) is 19.3 Å². The first-order valence-electron chi connectivity index (χ1n) is 5.03. The molecule has 0 radical (unpaired) electrons. The lowest BCUT2D eigenvalue weighted by atomic mass is 10.4. The topological polar surface area (TPSA) is 70.5 Å². The molecule has 0 atom stereocenters. The van der Waals surface area contributed by atoms with E-state index >= 15 is 0 Å². The van der Waals surface area contributed by atoms with Gasteiger partial charge in [0.1, 0.15) is 4.88 Å². The third kappa shape index (κ3) is 3.71. The summed E-state index contributed by atoms with van der Waals surface area (Å²) in [5.74, 6) is -0.665. The highest BCUT2D eigenvalue weighted by molar-refractivity contribution is 8.01. The molecule has 0 bridgehead atoms. The maximum absolute atomic E-state index is 11.5. The molecule has 17 heavy (non-hydrogen) atoms. The minimum atomic E-state index is -0.969. The van der Waals surface area contributed by atoms with Crippen LogP contribution < -0.4 is 0 Å². The van der Waals surface area contributed by atoms with E-state index in [1.165, 1.54) is 11.8 Å². The lowest BCUT2D eigenvalue weighted by molar-refractivity contribution is -0.126. The molecule has 0 aliphatic heterocycles. The number of hydrogen-bond acceptors (Lipinski definition) is 5. The van der Waals surface area contributed by atoms with E-state index < -0.39 is 5.97 Å². The van der Waals surface area contributed by atoms with Gasteiger partial charge in [-0.05, 0) is 13.8 Å². The summed E-state index contributed by atoms with van der Waals surface area (Å²) in [6.07, 6.45) is 0. The summed E-state index contributed by atoms with van der Waals surface area (Å²) in [6.45, 7) is 4.22. The van der Waals surface area contributed by atoms with E-state index in [-0.39, 0.29) is 16.5 Å². The number of thiazole rings is 1. The minimum Gasteiger partial charge on any atom is -0.477 e. The lowest BCUT2D eigenvalue weighted by Crippen LogP contribution is -2.27. The number of carbonyl (C=O) groups excluding carboxylic acids is 1. The molecule has 1 amide bonds. The molecule has 0 saturated carbocycles. The largest absolute Gasteiger partial charge is 0.477 e. The molecule has 1 aromatic rings. The van der Waals surface area contributed by atoms with Gasteiger partial charge in [-0.3, -0.25) is 4.79 Å². The van der Waals surface area contributed by atoms with Gasteiger partial charge in [0.05, 0.1) is 11.4 Å². The van der Waals surface area contributed by atoms with Gasteiger partial charge in [-0.25, -0.2) is 9.78 Å². The van der Waals surface area contributed by atoms with E-state index in [0.29, 0.717) is 16.6 Å². The van der Waals surface area contributed by atoms with Crippen molar-refractivity contribution in [2.24, 2.45) is 0 Å². The first kappa shape index (κ1) is 14.0. The number of carbonyl (C=O) groups is 2. The fraction of sp³-hybridized carbons (Fsp3) is 0.500. The van der Waals surface area contributed by atoms with Gasteiger partial charge in [0.25, 0.3) is 0 Å². The summed E-state index contributed by atoms with van der Waals surface area (Å²) in [5, 5.41) is 8.87. The van der Waals surface area contributed by atoms with E-state index in [2.05, 4.69) is 4.98 Å². The molecule has 0 aromatic carbocycles. The Balaban J connectivity index is 2.61. The molecule has 1 rings (SSSR count). The zero-order valence-corrected chi connectivity index (χ0v) is 11.5. The van der Waals surface area contributed by atoms with Crippen molar-refractivity contribution < 1.29 is 14.7 Å². The van der Waals surface area contributed by atoms with Crippen molar-refractivity contribution in [3.05, 3.63) is 10.6 Å². The molecule has 1 aromatic heterocycles. The van der Waals surface area contributed by atoms with Gasteiger partial charge in [-0.1, -0.05) is 11.8 Å². The molecule has 0 saturated heterocycles. The summed E-state index contributed by atoms with van der Waals surface area (Å²) < 4.78 is 0.623. The van der Waals surface area contributed by atoms with Crippen LogP contribution in [-0.2, 0) is 4.79 Å². The molecule has 1 heterocycles. The number of aromatic nitrogens is 1. The Hall–Kier alpha value is -1.08. The second-order valence-electron chi connectivity index (χ2n) is 3.40. The number of nitrogens with zero attached hydrogens (tertiary/aromatic N) is 2. The number of rotatable bonds is 5. The number of amides is 1. The first-order valence-corrected chi connectivity index (χ1v) is 6.83. The standard InChI is InChI=1S/C10H14N2O3S2/c1-4-12(3)7(13)5-16-10-11-6(2)8(17-10)9(14)15/h4-5H2,1-3H3,(H,14,15). The van der Waals surface area contributed by atoms with Crippen LogP contribution in [-0.4, -0.2) is 46.2 Å². The van der Waals surface area contributed by atoms with Crippen LogP contribution in [0.25, 0.3) is 0 Å². The van der Waals surface area contributed by atoms with Crippen molar-refractivity contribution in [3.8, 4) is 0 Å². The third-order valence-electron chi connectivity index (χ3n) is 2.19. The van der Waals surface area contributed by atoms with Gasteiger partial charge in [0, 0.05) is 13.6 Å². The van der Waals surface area contributed by atoms with Crippen LogP contribution in [0, 0.1) is 6.92 Å². The molecular formula is C10H14N2O3S2. The normalized spacial score (nSPS) is 10.3. The first-order chi connectivity index (χ1) is 7.95. The predicted octanol–water partition coefficient (Wildman–Crippen LogP) is 1.72. The van der Waals surface area contributed by atoms with Crippen molar-refractivity contribution in [3.63, 3.8) is 0 Å². The third-order valence-corrected chi connectivity index (χ3v) is 4.46. The molecule has 0 spiro atoms. The van der Waals surface area contributed by atoms with Crippen LogP contribution in [0.1, 0.15) is 22.3 Å². The highest BCUT2D eigenvalue weighted by atomic mass is 32.2. The van der Waals surface area contributed by atoms with Crippen LogP contribution in [0.3, 0.4) is 0 Å². The monoisotopic (exact) mass is 274 g/mol. The molecule has 0 unspecified atom stereocenters. The number of carboxylic acid groups (broad SMARTS) is 1. The van der Waals surface area contributed by atoms with Crippen LogP contribution in [0.5, 0.6) is 0 Å². The van der Waals surface area contributed by atoms with Gasteiger partial charge in [-0.2, -0.15) is 0 Å². The summed E-state index contributed by atoms with van der Waals surface area (Å²) in [4.78, 5) is 28.3. The Kier molecular flexibility index (Phi) is 4.95. The van der Waals surface area contributed by atoms with E-state index in [9.17, 15) is 9.59 Å². The number of aryl methyl sites for hydroxylation is 1. The lowest BCUT2D eigenvalue weighted by Gasteiger charge is -2.12. The van der Waals surface area contributed by atoms with Gasteiger partial charge in [-0.15, -0.1) is 11.3 Å². The van der Waals surface area contributed by atoms with E-state index in [1.807, 2.05) is 6.92 Å². The van der Waals surface area contributed by atoms with Crippen LogP contribution in [0.2, 0.25) is 0 Å². The second kappa shape index (κ2) is 6.02. The quantitative estimate of drug-likeness (QED) is 0.828. The number of carboxylic acids is 1. The fourth-order valence-corrected chi connectivity index (χ4v) is 3.01. The molecule has 0 fully saturated rings. The fourth-order valence-electron chi connectivity index (χ4n) is 1.04. The minimum absolute atomic E-state index is 0.0160. The molecule has 1 N–H and O–H groups in total. The predicted molar refractivity (Wildman–Crippen MR) is 67.8 cm³/mol. The summed E-state index contributed by atoms with van der Waals surface area (Å²) >= 11 is 2.39. The van der Waals surface area contributed by atoms with Crippen LogP contribution in [0.15, 0.2) is 4.34 Å². The average Bonchev–Trinajstić information content (AvgIpc) is 2.66. The van der Waals surface area contributed by atoms with Gasteiger partial charge in [0.2, 0.25) is 5.91 Å². The van der Waals surface area contributed by atoms with Crippen molar-refractivity contribution in [1.82, 2.24) is 9.88 Å². The van der Waals surface area contributed by atoms with Crippen LogP contribution >= 0.6 is 23.1 Å². The Morgan fingerprint density at radius 2 is 2.18 bits per heavy atom. The molecule has 0 aliphatic rings. The Morgan fingerprint density at radius 3 is 2.65 bits per heavy atom. The van der Waals surface area contributed by atoms with Gasteiger partial charge >= 0.3 is 5.97 Å². The molecule has 94 valence electrons. The average molecular weight is 274 g/mol. The van der Waals surface area contributed by atoms with Crippen molar-refractivity contribution in [2.45, 2.75) is 18.2 Å². The van der Waals surface area contributed by atoms with Crippen LogP contribution in [0.4, 0.5) is 0 Å². The van der Waals surface area contributed by atoms with Crippen molar-refractivity contribution in [1.29, 1.82) is 0 Å². The van der Waals surface area contributed by atoms with E-state index in [1.54, 1.807) is 18.9 Å². The maximum Gasteiger partial charge on any atom is 0.347 e. The maximum atomic E-state index is 11.5. The highest BCUT2D eigenvalue weighted by Gasteiger charge is 2.15. The Morgan fingerprint density at radius 1 is 1.53 bits per heavy atom. The molecular weight excluding hydrogens is 260 g/mol. The number of hydrogen-bond donors (Lipinski definition) is 1.